The molecule has 2 atom stereocenters. The molecule has 0 radical (unpaired) electrons. The third kappa shape index (κ3) is 3.88. The van der Waals surface area contributed by atoms with Crippen molar-refractivity contribution in [1.29, 1.82) is 0 Å². The van der Waals surface area contributed by atoms with Crippen molar-refractivity contribution in [3.63, 3.8) is 0 Å². The van der Waals surface area contributed by atoms with E-state index in [0.29, 0.717) is 18.9 Å². The lowest BCUT2D eigenvalue weighted by molar-refractivity contribution is -0.141. The van der Waals surface area contributed by atoms with Gasteiger partial charge in [-0.25, -0.2) is 0 Å². The second-order valence-electron chi connectivity index (χ2n) is 5.76. The van der Waals surface area contributed by atoms with E-state index in [0.717, 1.165) is 24.5 Å². The summed E-state index contributed by atoms with van der Waals surface area (Å²) in [4.78, 5) is 23.0. The van der Waals surface area contributed by atoms with E-state index in [2.05, 4.69) is 11.6 Å². The maximum absolute atomic E-state index is 12.1. The van der Waals surface area contributed by atoms with Crippen LogP contribution < -0.4 is 5.32 Å². The molecular weight excluding hydrogens is 262 g/mol. The molecule has 0 aromatic rings. The summed E-state index contributed by atoms with van der Waals surface area (Å²) in [5.41, 5.74) is 0. The highest BCUT2D eigenvalue weighted by molar-refractivity contribution is 7.99. The van der Waals surface area contributed by atoms with Crippen LogP contribution in [0.25, 0.3) is 0 Å². The number of hydrogen-bond donors (Lipinski definition) is 2. The minimum atomic E-state index is -0.754. The van der Waals surface area contributed by atoms with Crippen LogP contribution in [0.5, 0.6) is 0 Å². The van der Waals surface area contributed by atoms with E-state index in [-0.39, 0.29) is 17.7 Å². The standard InChI is InChI=1S/C14H23NO3S/c1-19-12-6-4-11(5-7-12)15-13(16)9-2-3-10(8-9)14(17)18/h9-12H,2-8H2,1H3,(H,15,16)(H,17,18)/t9-,10+,11?,12?/m1/s1. The number of carboxylic acid groups (broad SMARTS) is 1. The van der Waals surface area contributed by atoms with Crippen LogP contribution in [0.2, 0.25) is 0 Å². The SMILES string of the molecule is CSC1CCC(NC(=O)[C@@H]2CC[C@H](C(=O)O)C2)CC1. The minimum Gasteiger partial charge on any atom is -0.481 e. The highest BCUT2D eigenvalue weighted by Gasteiger charge is 2.34. The van der Waals surface area contributed by atoms with Gasteiger partial charge in [0.15, 0.2) is 0 Å². The number of hydrogen-bond acceptors (Lipinski definition) is 3. The molecule has 2 aliphatic carbocycles. The van der Waals surface area contributed by atoms with Crippen LogP contribution in [-0.4, -0.2) is 34.5 Å². The third-order valence-electron chi connectivity index (χ3n) is 4.51. The van der Waals surface area contributed by atoms with Gasteiger partial charge in [-0.15, -0.1) is 0 Å². The van der Waals surface area contributed by atoms with E-state index in [4.69, 9.17) is 5.11 Å². The fraction of sp³-hybridized carbons (Fsp3) is 0.857. The van der Waals surface area contributed by atoms with Gasteiger partial charge in [0.2, 0.25) is 5.91 Å². The van der Waals surface area contributed by atoms with Crippen molar-refractivity contribution in [1.82, 2.24) is 5.32 Å². The Hall–Kier alpha value is -0.710. The normalized spacial score (nSPS) is 35.0. The largest absolute Gasteiger partial charge is 0.481 e. The van der Waals surface area contributed by atoms with Gasteiger partial charge in [0.05, 0.1) is 5.92 Å². The molecule has 108 valence electrons. The predicted molar refractivity (Wildman–Crippen MR) is 76.2 cm³/mol. The maximum atomic E-state index is 12.1. The number of amides is 1. The second kappa shape index (κ2) is 6.64. The third-order valence-corrected chi connectivity index (χ3v) is 5.64. The molecule has 0 unspecified atom stereocenters. The Morgan fingerprint density at radius 2 is 1.68 bits per heavy atom. The summed E-state index contributed by atoms with van der Waals surface area (Å²) in [5.74, 6) is -1.07. The molecule has 1 amide bonds. The van der Waals surface area contributed by atoms with E-state index in [1.807, 2.05) is 11.8 Å². The lowest BCUT2D eigenvalue weighted by atomic mass is 9.94. The van der Waals surface area contributed by atoms with Gasteiger partial charge in [-0.2, -0.15) is 11.8 Å². The molecule has 0 bridgehead atoms. The van der Waals surface area contributed by atoms with Gasteiger partial charge in [0.1, 0.15) is 0 Å². The number of carboxylic acids is 1. The highest BCUT2D eigenvalue weighted by Crippen LogP contribution is 2.32. The van der Waals surface area contributed by atoms with Gasteiger partial charge in [-0.1, -0.05) is 0 Å². The lowest BCUT2D eigenvalue weighted by Crippen LogP contribution is -2.40. The van der Waals surface area contributed by atoms with Crippen LogP contribution in [0.15, 0.2) is 0 Å². The molecule has 2 saturated carbocycles. The molecule has 5 heteroatoms. The van der Waals surface area contributed by atoms with Crippen LogP contribution in [-0.2, 0) is 9.59 Å². The Kier molecular flexibility index (Phi) is 5.13. The van der Waals surface area contributed by atoms with E-state index in [1.165, 1.54) is 12.8 Å². The van der Waals surface area contributed by atoms with E-state index in [9.17, 15) is 9.59 Å². The Labute approximate surface area is 118 Å². The zero-order chi connectivity index (χ0) is 13.8. The van der Waals surface area contributed by atoms with Gasteiger partial charge < -0.3 is 10.4 Å². The van der Waals surface area contributed by atoms with Gasteiger partial charge in [0.25, 0.3) is 0 Å². The van der Waals surface area contributed by atoms with Crippen LogP contribution in [0.4, 0.5) is 0 Å². The molecule has 0 aromatic carbocycles. The van der Waals surface area contributed by atoms with E-state index < -0.39 is 5.97 Å². The highest BCUT2D eigenvalue weighted by atomic mass is 32.2. The first-order chi connectivity index (χ1) is 9.10. The van der Waals surface area contributed by atoms with Crippen molar-refractivity contribution in [3.8, 4) is 0 Å². The minimum absolute atomic E-state index is 0.0800. The van der Waals surface area contributed by atoms with Crippen LogP contribution >= 0.6 is 11.8 Å². The monoisotopic (exact) mass is 285 g/mol. The van der Waals surface area contributed by atoms with E-state index in [1.54, 1.807) is 0 Å². The number of carbonyl (C=O) groups is 2. The number of thioether (sulfide) groups is 1. The molecule has 2 N–H and O–H groups in total. The first-order valence-corrected chi connectivity index (χ1v) is 8.45. The van der Waals surface area contributed by atoms with Gasteiger partial charge in [-0.3, -0.25) is 9.59 Å². The maximum Gasteiger partial charge on any atom is 0.306 e. The molecule has 0 aromatic heterocycles. The summed E-state index contributed by atoms with van der Waals surface area (Å²) in [5, 5.41) is 12.8. The van der Waals surface area contributed by atoms with Crippen molar-refractivity contribution in [2.75, 3.05) is 6.26 Å². The zero-order valence-corrected chi connectivity index (χ0v) is 12.2. The molecule has 2 rings (SSSR count). The van der Waals surface area contributed by atoms with Crippen molar-refractivity contribution >= 4 is 23.6 Å². The quantitative estimate of drug-likeness (QED) is 0.831. The molecule has 19 heavy (non-hydrogen) atoms. The second-order valence-corrected chi connectivity index (χ2v) is 6.90. The number of nitrogens with one attached hydrogen (secondary N) is 1. The topological polar surface area (TPSA) is 66.4 Å². The van der Waals surface area contributed by atoms with Crippen LogP contribution in [0.3, 0.4) is 0 Å². The van der Waals surface area contributed by atoms with Crippen molar-refractivity contribution in [2.45, 2.75) is 56.2 Å². The lowest BCUT2D eigenvalue weighted by Gasteiger charge is -2.28. The summed E-state index contributed by atoms with van der Waals surface area (Å²) in [6, 6.07) is 0.305. The molecule has 0 spiro atoms. The van der Waals surface area contributed by atoms with Gasteiger partial charge in [0, 0.05) is 17.2 Å². The summed E-state index contributed by atoms with van der Waals surface area (Å²) in [7, 11) is 0. The molecule has 0 saturated heterocycles. The van der Waals surface area contributed by atoms with Crippen LogP contribution in [0, 0.1) is 11.8 Å². The van der Waals surface area contributed by atoms with Crippen molar-refractivity contribution in [2.24, 2.45) is 11.8 Å². The number of aliphatic carboxylic acids is 1. The average molecular weight is 285 g/mol. The number of carbonyl (C=O) groups excluding carboxylic acids is 1. The molecular formula is C14H23NO3S. The summed E-state index contributed by atoms with van der Waals surface area (Å²) in [6.07, 6.45) is 8.51. The Balaban J connectivity index is 1.75. The summed E-state index contributed by atoms with van der Waals surface area (Å²) < 4.78 is 0. The van der Waals surface area contributed by atoms with Crippen molar-refractivity contribution in [3.05, 3.63) is 0 Å². The predicted octanol–water partition coefficient (Wildman–Crippen LogP) is 2.28. The van der Waals surface area contributed by atoms with Gasteiger partial charge >= 0.3 is 5.97 Å². The Morgan fingerprint density at radius 1 is 1.05 bits per heavy atom. The molecule has 0 heterocycles. The summed E-state index contributed by atoms with van der Waals surface area (Å²) >= 11 is 1.92. The van der Waals surface area contributed by atoms with E-state index >= 15 is 0 Å². The Bertz CT molecular complexity index is 340. The Morgan fingerprint density at radius 3 is 2.21 bits per heavy atom. The fourth-order valence-corrected chi connectivity index (χ4v) is 3.95. The number of rotatable bonds is 4. The molecule has 4 nitrogen and oxygen atoms in total. The molecule has 0 aliphatic heterocycles. The van der Waals surface area contributed by atoms with Crippen LogP contribution in [0.1, 0.15) is 44.9 Å². The summed E-state index contributed by atoms with van der Waals surface area (Å²) in [6.45, 7) is 0. The first-order valence-electron chi connectivity index (χ1n) is 7.16. The average Bonchev–Trinajstić information content (AvgIpc) is 2.89. The zero-order valence-electron chi connectivity index (χ0n) is 11.4. The van der Waals surface area contributed by atoms with Crippen molar-refractivity contribution < 1.29 is 14.7 Å². The van der Waals surface area contributed by atoms with Gasteiger partial charge in [-0.05, 0) is 51.2 Å². The first kappa shape index (κ1) is 14.7. The molecule has 2 aliphatic rings. The molecule has 2 fully saturated rings. The smallest absolute Gasteiger partial charge is 0.306 e. The fourth-order valence-electron chi connectivity index (χ4n) is 3.21.